The molecule has 202 valence electrons. The number of hydrogen-bond acceptors (Lipinski definition) is 4. The molecular formula is C33H30N2O4W. The predicted octanol–water partition coefficient (Wildman–Crippen LogP) is 5.73. The Hall–Kier alpha value is -4.15. The summed E-state index contributed by atoms with van der Waals surface area (Å²) in [5.74, 6) is -0.952. The summed E-state index contributed by atoms with van der Waals surface area (Å²) >= 11 is 0. The van der Waals surface area contributed by atoms with Crippen molar-refractivity contribution >= 4 is 23.6 Å². The van der Waals surface area contributed by atoms with E-state index in [2.05, 4.69) is 72.8 Å². The van der Waals surface area contributed by atoms with Crippen LogP contribution < -0.4 is 0 Å². The SMILES string of the molecule is CC.CN1C(=O)c2c[c-]ccc2C1=O.CN1C(=O)c2c[c-]ccc2C1=O.[W+2].c1ccc(Cc2ccccc2)cc1. The fraction of sp³-hybridized carbons (Fsp3) is 0.152. The van der Waals surface area contributed by atoms with E-state index in [9.17, 15) is 19.2 Å². The molecule has 4 aromatic rings. The van der Waals surface area contributed by atoms with Crippen LogP contribution in [0, 0.1) is 12.1 Å². The molecule has 2 aliphatic rings. The van der Waals surface area contributed by atoms with Gasteiger partial charge in [-0.2, -0.15) is 48.5 Å². The van der Waals surface area contributed by atoms with Gasteiger partial charge in [-0.3, -0.25) is 29.0 Å². The van der Waals surface area contributed by atoms with Crippen molar-refractivity contribution in [2.24, 2.45) is 0 Å². The van der Waals surface area contributed by atoms with E-state index in [0.29, 0.717) is 22.3 Å². The van der Waals surface area contributed by atoms with Crippen LogP contribution in [0.5, 0.6) is 0 Å². The van der Waals surface area contributed by atoms with Gasteiger partial charge in [-0.15, -0.1) is 0 Å². The molecule has 7 heteroatoms. The van der Waals surface area contributed by atoms with E-state index in [4.69, 9.17) is 0 Å². The predicted molar refractivity (Wildman–Crippen MR) is 150 cm³/mol. The third-order valence-corrected chi connectivity index (χ3v) is 5.96. The average molecular weight is 702 g/mol. The second kappa shape index (κ2) is 15.4. The first kappa shape index (κ1) is 32.1. The van der Waals surface area contributed by atoms with Gasteiger partial charge in [-0.25, -0.2) is 0 Å². The number of amides is 4. The number of hydrogen-bond donors (Lipinski definition) is 0. The molecule has 0 radical (unpaired) electrons. The molecule has 0 aliphatic carbocycles. The summed E-state index contributed by atoms with van der Waals surface area (Å²) in [7, 11) is 2.95. The first-order valence-electron chi connectivity index (χ1n) is 12.6. The number of rotatable bonds is 2. The molecule has 0 saturated carbocycles. The van der Waals surface area contributed by atoms with Gasteiger partial charge in [-0.1, -0.05) is 96.8 Å². The van der Waals surface area contributed by atoms with E-state index in [0.717, 1.165) is 16.2 Å². The Morgan fingerprint density at radius 2 is 0.850 bits per heavy atom. The Kier molecular flexibility index (Phi) is 12.4. The first-order chi connectivity index (χ1) is 18.9. The minimum atomic E-state index is -0.244. The van der Waals surface area contributed by atoms with E-state index in [1.807, 2.05) is 13.8 Å². The number of fused-ring (bicyclic) bond motifs is 2. The standard InChI is InChI=1S/C13H12.2C9H6NO2.C2H6.W/c1-3-7-12(8-4-1)11-13-9-5-2-6-10-13;2*1-10-8(11)6-4-2-3-5-7(6)9(10)12;1-2;/h1-10H,11H2;2*2,4-5H,1H3;1-2H3;/q;2*-1;;+2. The minimum Gasteiger partial charge on any atom is -0.290 e. The maximum atomic E-state index is 11.3. The van der Waals surface area contributed by atoms with E-state index < -0.39 is 0 Å². The number of carbonyl (C=O) groups is 4. The summed E-state index contributed by atoms with van der Waals surface area (Å²) in [6, 6.07) is 36.2. The molecule has 4 amide bonds. The van der Waals surface area contributed by atoms with E-state index >= 15 is 0 Å². The van der Waals surface area contributed by atoms with Crippen molar-refractivity contribution in [1.82, 2.24) is 9.80 Å². The van der Waals surface area contributed by atoms with Gasteiger partial charge in [0.15, 0.2) is 0 Å². The molecule has 0 spiro atoms. The zero-order valence-corrected chi connectivity index (χ0v) is 25.8. The molecule has 2 heterocycles. The van der Waals surface area contributed by atoms with Crippen LogP contribution in [0.4, 0.5) is 0 Å². The van der Waals surface area contributed by atoms with Crippen molar-refractivity contribution in [3.05, 3.63) is 143 Å². The summed E-state index contributed by atoms with van der Waals surface area (Å²) in [5.41, 5.74) is 4.58. The molecule has 0 bridgehead atoms. The van der Waals surface area contributed by atoms with Crippen molar-refractivity contribution in [1.29, 1.82) is 0 Å². The molecule has 0 fully saturated rings. The monoisotopic (exact) mass is 702 g/mol. The molecule has 4 aromatic carbocycles. The van der Waals surface area contributed by atoms with Crippen LogP contribution in [0.1, 0.15) is 66.4 Å². The summed E-state index contributed by atoms with van der Waals surface area (Å²) in [4.78, 5) is 47.4. The molecule has 0 N–H and O–H groups in total. The maximum absolute atomic E-state index is 11.3. The molecule has 0 unspecified atom stereocenters. The Labute approximate surface area is 249 Å². The number of imide groups is 2. The summed E-state index contributed by atoms with van der Waals surface area (Å²) in [6.45, 7) is 4.00. The summed E-state index contributed by atoms with van der Waals surface area (Å²) in [6.07, 6.45) is 1.03. The second-order valence-electron chi connectivity index (χ2n) is 8.43. The van der Waals surface area contributed by atoms with E-state index in [1.165, 1.54) is 25.2 Å². The Morgan fingerprint density at radius 3 is 1.18 bits per heavy atom. The van der Waals surface area contributed by atoms with Crippen molar-refractivity contribution in [3.63, 3.8) is 0 Å². The van der Waals surface area contributed by atoms with Gasteiger partial charge in [0.25, 0.3) is 0 Å². The Bertz CT molecular complexity index is 1270. The minimum absolute atomic E-state index is 0. The van der Waals surface area contributed by atoms with Crippen LogP contribution in [-0.2, 0) is 27.5 Å². The van der Waals surface area contributed by atoms with Gasteiger partial charge in [0.05, 0.1) is 0 Å². The van der Waals surface area contributed by atoms with Crippen LogP contribution >= 0.6 is 0 Å². The van der Waals surface area contributed by atoms with Gasteiger partial charge in [0, 0.05) is 14.1 Å². The molecule has 0 saturated heterocycles. The van der Waals surface area contributed by atoms with Crippen molar-refractivity contribution in [2.45, 2.75) is 20.3 Å². The molecular weight excluding hydrogens is 672 g/mol. The van der Waals surface area contributed by atoms with Gasteiger partial charge < -0.3 is 0 Å². The fourth-order valence-corrected chi connectivity index (χ4v) is 3.92. The fourth-order valence-electron chi connectivity index (χ4n) is 3.92. The zero-order valence-electron chi connectivity index (χ0n) is 22.9. The molecule has 0 aromatic heterocycles. The summed E-state index contributed by atoms with van der Waals surface area (Å²) in [5, 5.41) is 0. The molecule has 6 rings (SSSR count). The van der Waals surface area contributed by atoms with Crippen LogP contribution in [0.25, 0.3) is 0 Å². The van der Waals surface area contributed by atoms with Crippen molar-refractivity contribution < 1.29 is 40.2 Å². The van der Waals surface area contributed by atoms with Crippen LogP contribution in [0.3, 0.4) is 0 Å². The third-order valence-electron chi connectivity index (χ3n) is 5.96. The largest absolute Gasteiger partial charge is 2.00 e. The second-order valence-corrected chi connectivity index (χ2v) is 8.43. The third kappa shape index (κ3) is 7.49. The van der Waals surface area contributed by atoms with Crippen molar-refractivity contribution in [3.8, 4) is 0 Å². The first-order valence-corrected chi connectivity index (χ1v) is 12.6. The van der Waals surface area contributed by atoms with Gasteiger partial charge in [0.2, 0.25) is 23.6 Å². The number of carbonyl (C=O) groups excluding carboxylic acids is 4. The van der Waals surface area contributed by atoms with Crippen molar-refractivity contribution in [2.75, 3.05) is 14.1 Å². The van der Waals surface area contributed by atoms with Gasteiger partial charge in [0.1, 0.15) is 0 Å². The molecule has 6 nitrogen and oxygen atoms in total. The average Bonchev–Trinajstić information content (AvgIpc) is 3.35. The van der Waals surface area contributed by atoms with Crippen LogP contribution in [0.15, 0.2) is 97.1 Å². The van der Waals surface area contributed by atoms with Gasteiger partial charge in [-0.05, 0) is 17.5 Å². The maximum Gasteiger partial charge on any atom is 2.00 e. The number of nitrogens with zero attached hydrogens (tertiary/aromatic N) is 2. The molecule has 40 heavy (non-hydrogen) atoms. The normalized spacial score (nSPS) is 12.5. The summed E-state index contributed by atoms with van der Waals surface area (Å²) < 4.78 is 0. The van der Waals surface area contributed by atoms with E-state index in [1.54, 1.807) is 36.4 Å². The zero-order chi connectivity index (χ0) is 28.4. The Balaban J connectivity index is 0.000000201. The topological polar surface area (TPSA) is 74.8 Å². The van der Waals surface area contributed by atoms with Gasteiger partial charge >= 0.3 is 21.1 Å². The number of benzene rings is 4. The smallest absolute Gasteiger partial charge is 0.290 e. The van der Waals surface area contributed by atoms with E-state index in [-0.39, 0.29) is 44.7 Å². The van der Waals surface area contributed by atoms with Crippen LogP contribution in [0.2, 0.25) is 0 Å². The molecule has 0 atom stereocenters. The van der Waals surface area contributed by atoms with Crippen LogP contribution in [-0.4, -0.2) is 47.5 Å². The quantitative estimate of drug-likeness (QED) is 0.198. The molecule has 2 aliphatic heterocycles. The Morgan fingerprint density at radius 1 is 0.525 bits per heavy atom.